The molecule has 2 aliphatic rings. The van der Waals surface area contributed by atoms with E-state index in [1.807, 2.05) is 7.05 Å². The van der Waals surface area contributed by atoms with Gasteiger partial charge in [-0.2, -0.15) is 4.57 Å². The second kappa shape index (κ2) is 9.26. The summed E-state index contributed by atoms with van der Waals surface area (Å²) < 4.78 is 44.5. The molecule has 0 spiro atoms. The van der Waals surface area contributed by atoms with Crippen molar-refractivity contribution in [2.24, 2.45) is 12.0 Å². The Bertz CT molecular complexity index is 1310. The third-order valence-electron chi connectivity index (χ3n) is 6.06. The molecule has 1 atom stereocenters. The SMILES string of the molecule is C[n+]1ccn(C(=O)N2CC[C@H](N=C3Nc4cc(F)ccc4N(CC(F)F)c4ccc(Cl)cc43)C2)c1. The number of carbonyl (C=O) groups excluding carboxylic acids is 1. The van der Waals surface area contributed by atoms with Gasteiger partial charge in [0.2, 0.25) is 0 Å². The van der Waals surface area contributed by atoms with Crippen LogP contribution in [0, 0.1) is 5.82 Å². The van der Waals surface area contributed by atoms with Crippen LogP contribution in [-0.4, -0.2) is 53.4 Å². The van der Waals surface area contributed by atoms with Gasteiger partial charge in [0.05, 0.1) is 36.7 Å². The molecule has 182 valence electrons. The lowest BCUT2D eigenvalue weighted by Crippen LogP contribution is -2.34. The van der Waals surface area contributed by atoms with Crippen molar-refractivity contribution >= 4 is 40.5 Å². The highest BCUT2D eigenvalue weighted by Gasteiger charge is 2.32. The van der Waals surface area contributed by atoms with Crippen LogP contribution in [0.3, 0.4) is 0 Å². The van der Waals surface area contributed by atoms with Crippen LogP contribution in [0.5, 0.6) is 0 Å². The number of hydrogen-bond donors (Lipinski definition) is 1. The zero-order valence-corrected chi connectivity index (χ0v) is 19.6. The highest BCUT2D eigenvalue weighted by Crippen LogP contribution is 2.40. The summed E-state index contributed by atoms with van der Waals surface area (Å²) in [6.45, 7) is 0.327. The number of rotatable bonds is 3. The van der Waals surface area contributed by atoms with Crippen LogP contribution in [0.15, 0.2) is 60.1 Å². The summed E-state index contributed by atoms with van der Waals surface area (Å²) in [5.74, 6) is -0.119. The molecule has 1 amide bonds. The number of amides is 1. The Labute approximate surface area is 205 Å². The smallest absolute Gasteiger partial charge is 0.338 e. The first-order chi connectivity index (χ1) is 16.8. The fourth-order valence-corrected chi connectivity index (χ4v) is 4.64. The number of nitrogens with one attached hydrogen (secondary N) is 1. The number of nitrogens with zero attached hydrogens (tertiary/aromatic N) is 5. The Hall–Kier alpha value is -3.53. The maximum atomic E-state index is 14.1. The maximum Gasteiger partial charge on any atom is 0.415 e. The molecule has 1 N–H and O–H groups in total. The number of alkyl halides is 2. The summed E-state index contributed by atoms with van der Waals surface area (Å²) in [6.07, 6.45) is 3.16. The van der Waals surface area contributed by atoms with Gasteiger partial charge in [-0.15, -0.1) is 0 Å². The molecule has 7 nitrogen and oxygen atoms in total. The summed E-state index contributed by atoms with van der Waals surface area (Å²) >= 11 is 6.27. The topological polar surface area (TPSA) is 56.8 Å². The Morgan fingerprint density at radius 3 is 2.80 bits per heavy atom. The van der Waals surface area contributed by atoms with E-state index in [0.29, 0.717) is 53.0 Å². The lowest BCUT2D eigenvalue weighted by molar-refractivity contribution is -0.670. The number of aromatic nitrogens is 2. The van der Waals surface area contributed by atoms with Crippen molar-refractivity contribution in [1.82, 2.24) is 9.47 Å². The molecule has 0 unspecified atom stereocenters. The van der Waals surface area contributed by atoms with Crippen molar-refractivity contribution in [1.29, 1.82) is 0 Å². The molecule has 0 saturated carbocycles. The number of anilines is 3. The molecular formula is C24H23ClF3N6O+. The van der Waals surface area contributed by atoms with Crippen LogP contribution in [0.2, 0.25) is 5.02 Å². The number of fused-ring (bicyclic) bond motifs is 2. The monoisotopic (exact) mass is 503 g/mol. The zero-order chi connectivity index (χ0) is 24.7. The van der Waals surface area contributed by atoms with Crippen LogP contribution < -0.4 is 14.8 Å². The summed E-state index contributed by atoms with van der Waals surface area (Å²) in [5.41, 5.74) is 1.74. The molecule has 2 aliphatic heterocycles. The number of aryl methyl sites for hydroxylation is 1. The molecule has 2 aromatic carbocycles. The second-order valence-corrected chi connectivity index (χ2v) is 9.02. The Kier molecular flexibility index (Phi) is 6.14. The van der Waals surface area contributed by atoms with E-state index >= 15 is 0 Å². The van der Waals surface area contributed by atoms with E-state index in [2.05, 4.69) is 5.32 Å². The fraction of sp³-hybridized carbons (Fsp3) is 0.292. The number of benzene rings is 2. The average molecular weight is 504 g/mol. The molecule has 0 bridgehead atoms. The van der Waals surface area contributed by atoms with Gasteiger partial charge < -0.3 is 15.1 Å². The van der Waals surface area contributed by atoms with Gasteiger partial charge in [0.25, 0.3) is 12.8 Å². The van der Waals surface area contributed by atoms with Crippen LogP contribution in [0.25, 0.3) is 0 Å². The molecule has 0 radical (unpaired) electrons. The molecular weight excluding hydrogens is 481 g/mol. The van der Waals surface area contributed by atoms with Crippen molar-refractivity contribution in [2.45, 2.75) is 18.9 Å². The molecule has 11 heteroatoms. The first-order valence-corrected chi connectivity index (χ1v) is 11.5. The van der Waals surface area contributed by atoms with Crippen LogP contribution >= 0.6 is 11.6 Å². The first-order valence-electron chi connectivity index (χ1n) is 11.1. The largest absolute Gasteiger partial charge is 0.415 e. The van der Waals surface area contributed by atoms with E-state index in [0.717, 1.165) is 0 Å². The minimum absolute atomic E-state index is 0.152. The summed E-state index contributed by atoms with van der Waals surface area (Å²) in [6, 6.07) is 8.50. The van der Waals surface area contributed by atoms with E-state index in [1.54, 1.807) is 46.4 Å². The van der Waals surface area contributed by atoms with Crippen LogP contribution in [0.1, 0.15) is 12.0 Å². The second-order valence-electron chi connectivity index (χ2n) is 8.58. The van der Waals surface area contributed by atoms with Crippen molar-refractivity contribution < 1.29 is 22.5 Å². The molecule has 3 heterocycles. The highest BCUT2D eigenvalue weighted by atomic mass is 35.5. The molecule has 0 aliphatic carbocycles. The number of halogens is 4. The van der Waals surface area contributed by atoms with Crippen molar-refractivity contribution in [2.75, 3.05) is 29.9 Å². The fourth-order valence-electron chi connectivity index (χ4n) is 4.47. The summed E-state index contributed by atoms with van der Waals surface area (Å²) in [5, 5.41) is 3.56. The van der Waals surface area contributed by atoms with Gasteiger partial charge >= 0.3 is 6.03 Å². The molecule has 1 saturated heterocycles. The standard InChI is InChI=1S/C24H23ClF3N6O/c1-31-8-9-33(14-31)24(35)32-7-6-17(12-32)29-23-18-10-15(25)2-4-20(18)34(13-22(27)28)21-5-3-16(26)11-19(21)30-23/h2-5,8-11,14,17,22H,6-7,12-13H2,1H3,(H,29,30)/q+1/t17-/m0/s1. The lowest BCUT2D eigenvalue weighted by atomic mass is 10.1. The highest BCUT2D eigenvalue weighted by molar-refractivity contribution is 6.31. The Morgan fingerprint density at radius 2 is 2.06 bits per heavy atom. The molecule has 35 heavy (non-hydrogen) atoms. The van der Waals surface area contributed by atoms with Crippen molar-refractivity contribution in [3.63, 3.8) is 0 Å². The third-order valence-corrected chi connectivity index (χ3v) is 6.30. The Morgan fingerprint density at radius 1 is 1.26 bits per heavy atom. The van der Waals surface area contributed by atoms with E-state index in [9.17, 15) is 18.0 Å². The van der Waals surface area contributed by atoms with Gasteiger partial charge in [0.15, 0.2) is 0 Å². The number of aliphatic imine (C=N–C) groups is 1. The van der Waals surface area contributed by atoms with Crippen LogP contribution in [-0.2, 0) is 7.05 Å². The van der Waals surface area contributed by atoms with E-state index in [4.69, 9.17) is 16.6 Å². The number of amidine groups is 1. The molecule has 1 fully saturated rings. The van der Waals surface area contributed by atoms with E-state index in [1.165, 1.54) is 27.7 Å². The van der Waals surface area contributed by atoms with Gasteiger partial charge in [-0.25, -0.2) is 22.5 Å². The normalized spacial score (nSPS) is 18.5. The number of imidazole rings is 1. The van der Waals surface area contributed by atoms with E-state index in [-0.39, 0.29) is 12.1 Å². The van der Waals surface area contributed by atoms with E-state index < -0.39 is 18.8 Å². The third kappa shape index (κ3) is 4.70. The van der Waals surface area contributed by atoms with Gasteiger partial charge in [0.1, 0.15) is 24.0 Å². The first kappa shape index (κ1) is 23.2. The van der Waals surface area contributed by atoms with Crippen molar-refractivity contribution in [3.8, 4) is 0 Å². The minimum atomic E-state index is -2.63. The van der Waals surface area contributed by atoms with Gasteiger partial charge in [-0.05, 0) is 42.8 Å². The predicted molar refractivity (Wildman–Crippen MR) is 127 cm³/mol. The molecule has 1 aromatic heterocycles. The molecule has 3 aromatic rings. The average Bonchev–Trinajstić information content (AvgIpc) is 3.43. The number of hydrogen-bond acceptors (Lipinski definition) is 3. The van der Waals surface area contributed by atoms with Crippen molar-refractivity contribution in [3.05, 3.63) is 71.5 Å². The molecule has 5 rings (SSSR count). The predicted octanol–water partition coefficient (Wildman–Crippen LogP) is 4.42. The quantitative estimate of drug-likeness (QED) is 0.538. The summed E-state index contributed by atoms with van der Waals surface area (Å²) in [4.78, 5) is 20.8. The van der Waals surface area contributed by atoms with Gasteiger partial charge in [-0.3, -0.25) is 4.99 Å². The summed E-state index contributed by atoms with van der Waals surface area (Å²) in [7, 11) is 1.83. The maximum absolute atomic E-state index is 14.1. The number of carbonyl (C=O) groups is 1. The minimum Gasteiger partial charge on any atom is -0.338 e. The lowest BCUT2D eigenvalue weighted by Gasteiger charge is -2.25. The van der Waals surface area contributed by atoms with Gasteiger partial charge in [-0.1, -0.05) is 11.6 Å². The number of likely N-dealkylation sites (tertiary alicyclic amines) is 1. The van der Waals surface area contributed by atoms with Crippen LogP contribution in [0.4, 0.5) is 35.0 Å². The van der Waals surface area contributed by atoms with Gasteiger partial charge in [0, 0.05) is 23.7 Å². The zero-order valence-electron chi connectivity index (χ0n) is 18.8. The Balaban J connectivity index is 1.52.